The van der Waals surface area contributed by atoms with Crippen molar-refractivity contribution in [1.29, 1.82) is 0 Å². The second-order valence-corrected chi connectivity index (χ2v) is 5.27. The summed E-state index contributed by atoms with van der Waals surface area (Å²) in [4.78, 5) is 10.6. The molecule has 0 aliphatic heterocycles. The molecule has 0 aromatic heterocycles. The van der Waals surface area contributed by atoms with E-state index in [2.05, 4.69) is 21.2 Å². The van der Waals surface area contributed by atoms with E-state index in [9.17, 15) is 15.2 Å². The molecule has 5 nitrogen and oxygen atoms in total. The van der Waals surface area contributed by atoms with Gasteiger partial charge in [-0.05, 0) is 52.2 Å². The van der Waals surface area contributed by atoms with Crippen molar-refractivity contribution in [3.63, 3.8) is 0 Å². The van der Waals surface area contributed by atoms with Crippen molar-refractivity contribution in [2.45, 2.75) is 13.5 Å². The number of nitro groups is 1. The Bertz CT molecular complexity index is 659. The maximum absolute atomic E-state index is 11.0. The summed E-state index contributed by atoms with van der Waals surface area (Å²) >= 11 is 3.24. The molecule has 0 unspecified atom stereocenters. The molecule has 0 aliphatic carbocycles. The molecule has 2 aromatic rings. The summed E-state index contributed by atoms with van der Waals surface area (Å²) in [7, 11) is 0. The summed E-state index contributed by atoms with van der Waals surface area (Å²) in [6.07, 6.45) is 0. The van der Waals surface area contributed by atoms with Crippen LogP contribution >= 0.6 is 15.9 Å². The Labute approximate surface area is 124 Å². The van der Waals surface area contributed by atoms with Gasteiger partial charge < -0.3 is 10.4 Å². The highest BCUT2D eigenvalue weighted by atomic mass is 79.9. The number of phenolic OH excluding ortho intramolecular Hbond substituents is 1. The molecule has 0 heterocycles. The minimum atomic E-state index is -0.408. The van der Waals surface area contributed by atoms with Crippen molar-refractivity contribution in [1.82, 2.24) is 0 Å². The lowest BCUT2D eigenvalue weighted by molar-refractivity contribution is -0.384. The van der Waals surface area contributed by atoms with Crippen LogP contribution in [-0.2, 0) is 6.54 Å². The van der Waals surface area contributed by atoms with E-state index in [0.29, 0.717) is 16.7 Å². The number of nitrogens with zero attached hydrogens (tertiary/aromatic N) is 1. The van der Waals surface area contributed by atoms with Gasteiger partial charge in [-0.2, -0.15) is 0 Å². The molecule has 0 saturated carbocycles. The summed E-state index contributed by atoms with van der Waals surface area (Å²) in [6, 6.07) is 10.0. The van der Waals surface area contributed by atoms with E-state index in [1.54, 1.807) is 30.3 Å². The standard InChI is InChI=1S/C14H13BrN2O3/c1-9-2-4-13(17(19)20)12(6-9)16-8-10-3-5-14(18)11(15)7-10/h2-7,16,18H,8H2,1H3. The van der Waals surface area contributed by atoms with Gasteiger partial charge in [-0.3, -0.25) is 10.1 Å². The van der Waals surface area contributed by atoms with Gasteiger partial charge in [-0.15, -0.1) is 0 Å². The van der Waals surface area contributed by atoms with Crippen LogP contribution in [0.5, 0.6) is 5.75 Å². The lowest BCUT2D eigenvalue weighted by atomic mass is 10.1. The third-order valence-electron chi connectivity index (χ3n) is 2.84. The number of rotatable bonds is 4. The first-order chi connectivity index (χ1) is 9.47. The molecule has 0 fully saturated rings. The molecule has 0 aliphatic rings. The van der Waals surface area contributed by atoms with E-state index in [4.69, 9.17) is 0 Å². The highest BCUT2D eigenvalue weighted by Crippen LogP contribution is 2.27. The van der Waals surface area contributed by atoms with Crippen molar-refractivity contribution in [3.05, 3.63) is 62.1 Å². The fourth-order valence-electron chi connectivity index (χ4n) is 1.81. The zero-order valence-electron chi connectivity index (χ0n) is 10.8. The molecular formula is C14H13BrN2O3. The van der Waals surface area contributed by atoms with Gasteiger partial charge in [0.15, 0.2) is 0 Å². The van der Waals surface area contributed by atoms with Crippen LogP contribution in [0.4, 0.5) is 11.4 Å². The van der Waals surface area contributed by atoms with Crippen LogP contribution in [0, 0.1) is 17.0 Å². The van der Waals surface area contributed by atoms with Gasteiger partial charge in [-0.1, -0.05) is 12.1 Å². The number of benzene rings is 2. The Morgan fingerprint density at radius 2 is 2.05 bits per heavy atom. The van der Waals surface area contributed by atoms with Gasteiger partial charge in [0, 0.05) is 12.6 Å². The van der Waals surface area contributed by atoms with Gasteiger partial charge in [0.25, 0.3) is 5.69 Å². The molecule has 0 atom stereocenters. The molecule has 0 amide bonds. The van der Waals surface area contributed by atoms with Crippen LogP contribution in [0.25, 0.3) is 0 Å². The molecule has 20 heavy (non-hydrogen) atoms. The smallest absolute Gasteiger partial charge is 0.292 e. The monoisotopic (exact) mass is 336 g/mol. The van der Waals surface area contributed by atoms with E-state index in [1.165, 1.54) is 6.07 Å². The van der Waals surface area contributed by atoms with E-state index in [0.717, 1.165) is 11.1 Å². The SMILES string of the molecule is Cc1ccc([N+](=O)[O-])c(NCc2ccc(O)c(Br)c2)c1. The second kappa shape index (κ2) is 5.92. The van der Waals surface area contributed by atoms with Crippen molar-refractivity contribution >= 4 is 27.3 Å². The van der Waals surface area contributed by atoms with Crippen LogP contribution in [0.15, 0.2) is 40.9 Å². The number of anilines is 1. The Morgan fingerprint density at radius 1 is 1.30 bits per heavy atom. The average Bonchev–Trinajstić information content (AvgIpc) is 2.40. The first-order valence-electron chi connectivity index (χ1n) is 5.93. The topological polar surface area (TPSA) is 75.4 Å². The van der Waals surface area contributed by atoms with Gasteiger partial charge in [0.2, 0.25) is 0 Å². The highest BCUT2D eigenvalue weighted by molar-refractivity contribution is 9.10. The lowest BCUT2D eigenvalue weighted by Gasteiger charge is -2.09. The third kappa shape index (κ3) is 3.27. The first-order valence-corrected chi connectivity index (χ1v) is 6.73. The van der Waals surface area contributed by atoms with Crippen LogP contribution < -0.4 is 5.32 Å². The number of aromatic hydroxyl groups is 1. The van der Waals surface area contributed by atoms with Gasteiger partial charge >= 0.3 is 0 Å². The molecule has 6 heteroatoms. The first kappa shape index (κ1) is 14.3. The predicted molar refractivity (Wildman–Crippen MR) is 81.0 cm³/mol. The molecule has 0 spiro atoms. The van der Waals surface area contributed by atoms with Crippen molar-refractivity contribution < 1.29 is 10.0 Å². The Morgan fingerprint density at radius 3 is 2.70 bits per heavy atom. The zero-order valence-corrected chi connectivity index (χ0v) is 12.3. The number of hydrogen-bond donors (Lipinski definition) is 2. The Balaban J connectivity index is 2.20. The maximum Gasteiger partial charge on any atom is 0.292 e. The molecule has 0 radical (unpaired) electrons. The van der Waals surface area contributed by atoms with E-state index >= 15 is 0 Å². The van der Waals surface area contributed by atoms with Gasteiger partial charge in [0.1, 0.15) is 11.4 Å². The number of nitrogens with one attached hydrogen (secondary N) is 1. The molecular weight excluding hydrogens is 324 g/mol. The molecule has 2 rings (SSSR count). The fourth-order valence-corrected chi connectivity index (χ4v) is 2.23. The van der Waals surface area contributed by atoms with E-state index in [1.807, 2.05) is 6.92 Å². The van der Waals surface area contributed by atoms with Crippen molar-refractivity contribution in [2.75, 3.05) is 5.32 Å². The van der Waals surface area contributed by atoms with Crippen LogP contribution in [-0.4, -0.2) is 10.0 Å². The minimum Gasteiger partial charge on any atom is -0.507 e. The quantitative estimate of drug-likeness (QED) is 0.654. The number of phenols is 1. The van der Waals surface area contributed by atoms with E-state index < -0.39 is 4.92 Å². The molecule has 2 N–H and O–H groups in total. The predicted octanol–water partition coefficient (Wildman–Crippen LogP) is 3.98. The summed E-state index contributed by atoms with van der Waals surface area (Å²) in [5.74, 6) is 0.162. The van der Waals surface area contributed by atoms with Crippen LogP contribution in [0.1, 0.15) is 11.1 Å². The molecule has 104 valence electrons. The number of aryl methyl sites for hydroxylation is 1. The van der Waals surface area contributed by atoms with Gasteiger partial charge in [0.05, 0.1) is 9.40 Å². The Kier molecular flexibility index (Phi) is 4.24. The summed E-state index contributed by atoms with van der Waals surface area (Å²) in [6.45, 7) is 2.31. The summed E-state index contributed by atoms with van der Waals surface area (Å²) in [5.41, 5.74) is 2.39. The fraction of sp³-hybridized carbons (Fsp3) is 0.143. The van der Waals surface area contributed by atoms with Crippen molar-refractivity contribution in [3.8, 4) is 5.75 Å². The highest BCUT2D eigenvalue weighted by Gasteiger charge is 2.13. The molecule has 2 aromatic carbocycles. The number of nitro benzene ring substituents is 1. The maximum atomic E-state index is 11.0. The number of halogens is 1. The zero-order chi connectivity index (χ0) is 14.7. The average molecular weight is 337 g/mol. The minimum absolute atomic E-state index is 0.0495. The summed E-state index contributed by atoms with van der Waals surface area (Å²) in [5, 5.41) is 23.4. The summed E-state index contributed by atoms with van der Waals surface area (Å²) < 4.78 is 0.593. The van der Waals surface area contributed by atoms with Gasteiger partial charge in [-0.25, -0.2) is 0 Å². The normalized spacial score (nSPS) is 10.3. The molecule has 0 bridgehead atoms. The number of hydrogen-bond acceptors (Lipinski definition) is 4. The largest absolute Gasteiger partial charge is 0.507 e. The molecule has 0 saturated heterocycles. The van der Waals surface area contributed by atoms with Crippen LogP contribution in [0.2, 0.25) is 0 Å². The van der Waals surface area contributed by atoms with Crippen molar-refractivity contribution in [2.24, 2.45) is 0 Å². The lowest BCUT2D eigenvalue weighted by Crippen LogP contribution is -2.03. The second-order valence-electron chi connectivity index (χ2n) is 4.42. The van der Waals surface area contributed by atoms with Crippen LogP contribution in [0.3, 0.4) is 0 Å². The third-order valence-corrected chi connectivity index (χ3v) is 3.48. The van der Waals surface area contributed by atoms with E-state index in [-0.39, 0.29) is 11.4 Å². The Hall–Kier alpha value is -2.08.